The quantitative estimate of drug-likeness (QED) is 0.567. The van der Waals surface area contributed by atoms with E-state index in [1.165, 1.54) is 16.7 Å². The van der Waals surface area contributed by atoms with Crippen molar-refractivity contribution in [2.45, 2.75) is 91.9 Å². The van der Waals surface area contributed by atoms with Gasteiger partial charge in [-0.25, -0.2) is 0 Å². The molecule has 2 aromatic rings. The van der Waals surface area contributed by atoms with Gasteiger partial charge in [0.05, 0.1) is 5.69 Å². The zero-order chi connectivity index (χ0) is 21.4. The lowest BCUT2D eigenvalue weighted by atomic mass is 9.79. The Kier molecular flexibility index (Phi) is 6.23. The summed E-state index contributed by atoms with van der Waals surface area (Å²) in [7, 11) is 0. The zero-order valence-corrected chi connectivity index (χ0v) is 19.4. The van der Waals surface area contributed by atoms with Crippen LogP contribution < -0.4 is 5.32 Å². The Balaban J connectivity index is 2.74. The van der Waals surface area contributed by atoms with Gasteiger partial charge in [0.25, 0.3) is 0 Å². The van der Waals surface area contributed by atoms with E-state index in [-0.39, 0.29) is 16.6 Å². The van der Waals surface area contributed by atoms with Crippen LogP contribution in [0.3, 0.4) is 0 Å². The van der Waals surface area contributed by atoms with Crippen molar-refractivity contribution in [1.82, 2.24) is 0 Å². The zero-order valence-electron chi connectivity index (χ0n) is 19.4. The first-order chi connectivity index (χ1) is 12.7. The predicted octanol–water partition coefficient (Wildman–Crippen LogP) is 8.42. The average Bonchev–Trinajstić information content (AvgIpc) is 2.54. The van der Waals surface area contributed by atoms with Crippen LogP contribution in [-0.4, -0.2) is 0 Å². The second-order valence-electron chi connectivity index (χ2n) is 10.6. The maximum Gasteiger partial charge on any atom is 0.205 e. The smallest absolute Gasteiger partial charge is 0.205 e. The van der Waals surface area contributed by atoms with Crippen LogP contribution in [-0.2, 0) is 15.9 Å². The Morgan fingerprint density at radius 3 is 1.68 bits per heavy atom. The Morgan fingerprint density at radius 1 is 0.786 bits per heavy atom. The molecule has 0 aromatic heterocycles. The summed E-state index contributed by atoms with van der Waals surface area (Å²) in [5.74, 6) is 0.863. The number of anilines is 2. The van der Waals surface area contributed by atoms with Gasteiger partial charge in [0.15, 0.2) is 0 Å². The molecule has 0 spiro atoms. The SMILES string of the molecule is CC(C)c1cccc(C(C)C)c1Nc1cc(C(C)(C)C)cc(C(C)(C)C)c1[O]. The van der Waals surface area contributed by atoms with Crippen molar-refractivity contribution in [3.8, 4) is 5.75 Å². The molecule has 0 saturated heterocycles. The number of para-hydroxylation sites is 1. The molecule has 0 amide bonds. The van der Waals surface area contributed by atoms with Crippen molar-refractivity contribution in [3.05, 3.63) is 52.6 Å². The normalized spacial score (nSPS) is 12.7. The topological polar surface area (TPSA) is 31.9 Å². The molecule has 0 heterocycles. The Hall–Kier alpha value is -1.96. The Bertz CT molecular complexity index is 806. The maximum absolute atomic E-state index is 13.4. The summed E-state index contributed by atoms with van der Waals surface area (Å²) < 4.78 is 0. The van der Waals surface area contributed by atoms with Crippen molar-refractivity contribution in [1.29, 1.82) is 0 Å². The number of rotatable bonds is 4. The van der Waals surface area contributed by atoms with Gasteiger partial charge in [-0.15, -0.1) is 0 Å². The van der Waals surface area contributed by atoms with Gasteiger partial charge in [-0.05, 0) is 45.4 Å². The lowest BCUT2D eigenvalue weighted by molar-refractivity contribution is 0.342. The molecule has 153 valence electrons. The summed E-state index contributed by atoms with van der Waals surface area (Å²) in [6, 6.07) is 10.6. The van der Waals surface area contributed by atoms with E-state index in [4.69, 9.17) is 0 Å². The maximum atomic E-state index is 13.4. The van der Waals surface area contributed by atoms with Crippen molar-refractivity contribution >= 4 is 11.4 Å². The highest BCUT2D eigenvalue weighted by atomic mass is 16.3. The van der Waals surface area contributed by atoms with Crippen LogP contribution in [0.4, 0.5) is 11.4 Å². The fourth-order valence-electron chi connectivity index (χ4n) is 3.54. The van der Waals surface area contributed by atoms with Crippen molar-refractivity contribution in [2.24, 2.45) is 0 Å². The van der Waals surface area contributed by atoms with Crippen molar-refractivity contribution in [2.75, 3.05) is 5.32 Å². The van der Waals surface area contributed by atoms with Gasteiger partial charge in [-0.1, -0.05) is 93.5 Å². The highest BCUT2D eigenvalue weighted by Crippen LogP contribution is 2.43. The predicted molar refractivity (Wildman–Crippen MR) is 122 cm³/mol. The lowest BCUT2D eigenvalue weighted by Crippen LogP contribution is -2.17. The Labute approximate surface area is 172 Å². The van der Waals surface area contributed by atoms with Crippen LogP contribution in [0.25, 0.3) is 0 Å². The Morgan fingerprint density at radius 2 is 1.29 bits per heavy atom. The van der Waals surface area contributed by atoms with Crippen molar-refractivity contribution in [3.63, 3.8) is 0 Å². The molecular weight excluding hydrogens is 342 g/mol. The van der Waals surface area contributed by atoms with E-state index in [1.54, 1.807) is 0 Å². The minimum atomic E-state index is -0.201. The molecule has 0 aliphatic rings. The van der Waals surface area contributed by atoms with Crippen molar-refractivity contribution < 1.29 is 5.11 Å². The molecule has 2 aromatic carbocycles. The first kappa shape index (κ1) is 22.3. The second-order valence-corrected chi connectivity index (χ2v) is 10.6. The highest BCUT2D eigenvalue weighted by molar-refractivity contribution is 5.74. The minimum absolute atomic E-state index is 0.0252. The fourth-order valence-corrected chi connectivity index (χ4v) is 3.54. The molecule has 0 unspecified atom stereocenters. The van der Waals surface area contributed by atoms with Crippen LogP contribution in [0, 0.1) is 0 Å². The summed E-state index contributed by atoms with van der Waals surface area (Å²) in [4.78, 5) is 0. The van der Waals surface area contributed by atoms with Gasteiger partial charge < -0.3 is 5.32 Å². The molecule has 0 aliphatic heterocycles. The molecule has 1 N–H and O–H groups in total. The van der Waals surface area contributed by atoms with Gasteiger partial charge in [-0.3, -0.25) is 5.11 Å². The first-order valence-corrected chi connectivity index (χ1v) is 10.5. The first-order valence-electron chi connectivity index (χ1n) is 10.5. The molecule has 2 rings (SSSR count). The molecule has 0 fully saturated rings. The molecule has 0 atom stereocenters. The summed E-state index contributed by atoms with van der Waals surface area (Å²) >= 11 is 0. The van der Waals surface area contributed by atoms with E-state index in [0.29, 0.717) is 17.5 Å². The molecule has 0 aliphatic carbocycles. The fraction of sp³-hybridized carbons (Fsp3) is 0.538. The number of hydrogen-bond acceptors (Lipinski definition) is 1. The molecule has 0 bridgehead atoms. The van der Waals surface area contributed by atoms with Crippen LogP contribution >= 0.6 is 0 Å². The highest BCUT2D eigenvalue weighted by Gasteiger charge is 2.27. The van der Waals surface area contributed by atoms with E-state index in [1.807, 2.05) is 0 Å². The monoisotopic (exact) mass is 380 g/mol. The molecule has 28 heavy (non-hydrogen) atoms. The largest absolute Gasteiger partial charge is 0.352 e. The van der Waals surface area contributed by atoms with Gasteiger partial charge >= 0.3 is 0 Å². The van der Waals surface area contributed by atoms with E-state index >= 15 is 0 Å². The average molecular weight is 381 g/mol. The summed E-state index contributed by atoms with van der Waals surface area (Å²) in [5, 5.41) is 17.0. The number of nitrogens with one attached hydrogen (secondary N) is 1. The van der Waals surface area contributed by atoms with Gasteiger partial charge in [0.1, 0.15) is 0 Å². The lowest BCUT2D eigenvalue weighted by Gasteiger charge is -2.28. The van der Waals surface area contributed by atoms with E-state index in [0.717, 1.165) is 11.3 Å². The van der Waals surface area contributed by atoms with Gasteiger partial charge in [-0.2, -0.15) is 0 Å². The standard InChI is InChI=1S/C26H38NO/c1-16(2)19-12-11-13-20(17(3)4)23(19)27-22-15-18(25(5,6)7)14-21(24(22)28)26(8,9)10/h11-17,27H,1-10H3. The molecule has 1 radical (unpaired) electrons. The van der Waals surface area contributed by atoms with Crippen LogP contribution in [0.2, 0.25) is 0 Å². The summed E-state index contributed by atoms with van der Waals surface area (Å²) in [6.07, 6.45) is 0. The molecular formula is C26H38NO. The molecule has 0 saturated carbocycles. The van der Waals surface area contributed by atoms with Gasteiger partial charge in [0, 0.05) is 11.3 Å². The molecule has 2 heteroatoms. The second kappa shape index (κ2) is 7.81. The van der Waals surface area contributed by atoms with E-state index < -0.39 is 0 Å². The third-order valence-electron chi connectivity index (χ3n) is 5.40. The van der Waals surface area contributed by atoms with Crippen LogP contribution in [0.1, 0.15) is 103 Å². The summed E-state index contributed by atoms with van der Waals surface area (Å²) in [6.45, 7) is 21.7. The summed E-state index contributed by atoms with van der Waals surface area (Å²) in [5.41, 5.74) is 6.12. The number of hydrogen-bond donors (Lipinski definition) is 1. The van der Waals surface area contributed by atoms with Gasteiger partial charge in [0.2, 0.25) is 5.75 Å². The van der Waals surface area contributed by atoms with Crippen LogP contribution in [0.5, 0.6) is 5.75 Å². The minimum Gasteiger partial charge on any atom is -0.352 e. The third kappa shape index (κ3) is 4.71. The third-order valence-corrected chi connectivity index (χ3v) is 5.40. The number of benzene rings is 2. The molecule has 2 nitrogen and oxygen atoms in total. The van der Waals surface area contributed by atoms with E-state index in [9.17, 15) is 5.11 Å². The van der Waals surface area contributed by atoms with Crippen LogP contribution in [0.15, 0.2) is 30.3 Å². The van der Waals surface area contributed by atoms with E-state index in [2.05, 4.69) is 105 Å².